The van der Waals surface area contributed by atoms with Gasteiger partial charge in [-0.25, -0.2) is 0 Å². The third-order valence-electron chi connectivity index (χ3n) is 4.48. The van der Waals surface area contributed by atoms with Crippen LogP contribution in [0.1, 0.15) is 30.0 Å². The maximum absolute atomic E-state index is 12.5. The highest BCUT2D eigenvalue weighted by atomic mass is 16.2. The summed E-state index contributed by atoms with van der Waals surface area (Å²) in [7, 11) is 0. The second-order valence-electron chi connectivity index (χ2n) is 6.57. The van der Waals surface area contributed by atoms with E-state index in [-0.39, 0.29) is 5.91 Å². The largest absolute Gasteiger partial charge is 0.359 e. The van der Waals surface area contributed by atoms with Crippen LogP contribution >= 0.6 is 0 Å². The number of nitrogens with one attached hydrogen (secondary N) is 1. The molecule has 0 saturated heterocycles. The lowest BCUT2D eigenvalue weighted by Crippen LogP contribution is -2.42. The zero-order valence-corrected chi connectivity index (χ0v) is 14.1. The Hall–Kier alpha value is -2.29. The monoisotopic (exact) mass is 308 g/mol. The summed E-state index contributed by atoms with van der Waals surface area (Å²) in [6.07, 6.45) is 2.18. The fraction of sp³-hybridized carbons (Fsp3) is 0.350. The normalized spacial score (nSPS) is 16.8. The highest BCUT2D eigenvalue weighted by molar-refractivity contribution is 5.94. The number of rotatable bonds is 3. The maximum Gasteiger partial charge on any atom is 0.243 e. The zero-order valence-electron chi connectivity index (χ0n) is 14.1. The number of hydrogen-bond donors (Lipinski definition) is 1. The predicted octanol–water partition coefficient (Wildman–Crippen LogP) is 4.08. The molecule has 1 unspecified atom stereocenters. The molecule has 120 valence electrons. The van der Waals surface area contributed by atoms with Gasteiger partial charge in [-0.2, -0.15) is 0 Å². The molecule has 0 radical (unpaired) electrons. The number of fused-ring (bicyclic) bond motifs is 1. The Kier molecular flexibility index (Phi) is 4.37. The van der Waals surface area contributed by atoms with Crippen LogP contribution in [0.3, 0.4) is 0 Å². The van der Waals surface area contributed by atoms with E-state index < -0.39 is 0 Å². The molecule has 0 aromatic heterocycles. The highest BCUT2D eigenvalue weighted by Crippen LogP contribution is 2.30. The third kappa shape index (κ3) is 3.55. The van der Waals surface area contributed by atoms with Gasteiger partial charge in [0, 0.05) is 17.4 Å². The lowest BCUT2D eigenvalue weighted by atomic mass is 9.96. The van der Waals surface area contributed by atoms with E-state index in [1.807, 2.05) is 32.0 Å². The van der Waals surface area contributed by atoms with Crippen molar-refractivity contribution in [3.63, 3.8) is 0 Å². The Labute approximate surface area is 138 Å². The molecule has 2 aromatic carbocycles. The predicted molar refractivity (Wildman–Crippen MR) is 96.1 cm³/mol. The number of carbonyl (C=O) groups excluding carboxylic acids is 1. The molecule has 23 heavy (non-hydrogen) atoms. The van der Waals surface area contributed by atoms with Gasteiger partial charge in [-0.1, -0.05) is 24.3 Å². The van der Waals surface area contributed by atoms with Crippen molar-refractivity contribution >= 4 is 17.3 Å². The fourth-order valence-electron chi connectivity index (χ4n) is 3.40. The van der Waals surface area contributed by atoms with Gasteiger partial charge in [0.15, 0.2) is 0 Å². The minimum Gasteiger partial charge on any atom is -0.359 e. The molecular weight excluding hydrogens is 284 g/mol. The summed E-state index contributed by atoms with van der Waals surface area (Å²) in [6, 6.07) is 14.9. The summed E-state index contributed by atoms with van der Waals surface area (Å²) >= 11 is 0. The molecule has 1 N–H and O–H groups in total. The first-order chi connectivity index (χ1) is 11.0. The lowest BCUT2D eigenvalue weighted by Gasteiger charge is -2.36. The molecule has 1 aliphatic rings. The summed E-state index contributed by atoms with van der Waals surface area (Å²) in [5.41, 5.74) is 5.74. The van der Waals surface area contributed by atoms with Crippen molar-refractivity contribution in [2.24, 2.45) is 0 Å². The summed E-state index contributed by atoms with van der Waals surface area (Å²) < 4.78 is 0. The third-order valence-corrected chi connectivity index (χ3v) is 4.48. The van der Waals surface area contributed by atoms with E-state index >= 15 is 0 Å². The van der Waals surface area contributed by atoms with Gasteiger partial charge in [-0.05, 0) is 68.5 Å². The number of hydrogen-bond acceptors (Lipinski definition) is 2. The Morgan fingerprint density at radius 2 is 1.87 bits per heavy atom. The van der Waals surface area contributed by atoms with Crippen LogP contribution in [-0.2, 0) is 11.2 Å². The van der Waals surface area contributed by atoms with Crippen LogP contribution in [0, 0.1) is 13.8 Å². The summed E-state index contributed by atoms with van der Waals surface area (Å²) in [5, 5.41) is 3.04. The first-order valence-corrected chi connectivity index (χ1v) is 8.25. The summed E-state index contributed by atoms with van der Waals surface area (Å²) in [6.45, 7) is 6.68. The van der Waals surface area contributed by atoms with Crippen LogP contribution in [0.15, 0.2) is 42.5 Å². The number of anilines is 2. The molecule has 0 aliphatic carbocycles. The molecule has 0 bridgehead atoms. The average molecular weight is 308 g/mol. The van der Waals surface area contributed by atoms with E-state index in [1.54, 1.807) is 0 Å². The summed E-state index contributed by atoms with van der Waals surface area (Å²) in [4.78, 5) is 14.7. The first kappa shape index (κ1) is 15.6. The lowest BCUT2D eigenvalue weighted by molar-refractivity contribution is -0.115. The van der Waals surface area contributed by atoms with Gasteiger partial charge in [0.05, 0.1) is 6.54 Å². The Morgan fingerprint density at radius 3 is 2.61 bits per heavy atom. The van der Waals surface area contributed by atoms with Crippen molar-refractivity contribution in [1.82, 2.24) is 0 Å². The van der Waals surface area contributed by atoms with E-state index in [0.717, 1.165) is 29.7 Å². The van der Waals surface area contributed by atoms with Crippen molar-refractivity contribution in [1.29, 1.82) is 0 Å². The van der Waals surface area contributed by atoms with Crippen LogP contribution in [-0.4, -0.2) is 18.5 Å². The molecule has 2 aromatic rings. The molecular formula is C20H24N2O. The van der Waals surface area contributed by atoms with Gasteiger partial charge in [0.1, 0.15) is 0 Å². The summed E-state index contributed by atoms with van der Waals surface area (Å²) in [5.74, 6) is 0.0403. The second-order valence-corrected chi connectivity index (χ2v) is 6.57. The van der Waals surface area contributed by atoms with Crippen LogP contribution < -0.4 is 10.2 Å². The molecule has 1 aliphatic heterocycles. The van der Waals surface area contributed by atoms with Crippen LogP contribution in [0.2, 0.25) is 0 Å². The van der Waals surface area contributed by atoms with Crippen molar-refractivity contribution in [3.8, 4) is 0 Å². The van der Waals surface area contributed by atoms with Gasteiger partial charge in [0.25, 0.3) is 0 Å². The maximum atomic E-state index is 12.5. The zero-order chi connectivity index (χ0) is 16.4. The average Bonchev–Trinajstić information content (AvgIpc) is 2.49. The molecule has 1 atom stereocenters. The first-order valence-electron chi connectivity index (χ1n) is 8.25. The molecule has 1 heterocycles. The minimum atomic E-state index is 0.0403. The number of carbonyl (C=O) groups is 1. The van der Waals surface area contributed by atoms with Crippen LogP contribution in [0.5, 0.6) is 0 Å². The number of para-hydroxylation sites is 1. The number of aryl methyl sites for hydroxylation is 3. The van der Waals surface area contributed by atoms with Gasteiger partial charge in [-0.15, -0.1) is 0 Å². The van der Waals surface area contributed by atoms with Crippen molar-refractivity contribution in [2.45, 2.75) is 39.7 Å². The van der Waals surface area contributed by atoms with Crippen molar-refractivity contribution < 1.29 is 4.79 Å². The number of benzene rings is 2. The highest BCUT2D eigenvalue weighted by Gasteiger charge is 2.24. The van der Waals surface area contributed by atoms with Gasteiger partial charge >= 0.3 is 0 Å². The molecule has 1 amide bonds. The number of amides is 1. The SMILES string of the molecule is Cc1cc(C)cc(NC(=O)CN2c3ccccc3CCC2C)c1. The van der Waals surface area contributed by atoms with Gasteiger partial charge in [-0.3, -0.25) is 4.79 Å². The van der Waals surface area contributed by atoms with Crippen molar-refractivity contribution in [2.75, 3.05) is 16.8 Å². The van der Waals surface area contributed by atoms with E-state index in [1.165, 1.54) is 11.3 Å². The Morgan fingerprint density at radius 1 is 1.17 bits per heavy atom. The van der Waals surface area contributed by atoms with E-state index in [2.05, 4.69) is 41.4 Å². The number of nitrogens with zero attached hydrogens (tertiary/aromatic N) is 1. The van der Waals surface area contributed by atoms with Crippen LogP contribution in [0.4, 0.5) is 11.4 Å². The van der Waals surface area contributed by atoms with E-state index in [4.69, 9.17) is 0 Å². The van der Waals surface area contributed by atoms with E-state index in [0.29, 0.717) is 12.6 Å². The molecule has 0 saturated carbocycles. The minimum absolute atomic E-state index is 0.0403. The van der Waals surface area contributed by atoms with Crippen molar-refractivity contribution in [3.05, 3.63) is 59.2 Å². The fourth-order valence-corrected chi connectivity index (χ4v) is 3.40. The van der Waals surface area contributed by atoms with Crippen LogP contribution in [0.25, 0.3) is 0 Å². The Balaban J connectivity index is 1.75. The quantitative estimate of drug-likeness (QED) is 0.926. The van der Waals surface area contributed by atoms with E-state index in [9.17, 15) is 4.79 Å². The molecule has 3 heteroatoms. The molecule has 3 nitrogen and oxygen atoms in total. The topological polar surface area (TPSA) is 32.3 Å². The standard InChI is InChI=1S/C20H24N2O/c1-14-10-15(2)12-18(11-14)21-20(23)13-22-16(3)8-9-17-6-4-5-7-19(17)22/h4-7,10-12,16H,8-9,13H2,1-3H3,(H,21,23). The Bertz CT molecular complexity index is 703. The van der Waals surface area contributed by atoms with Gasteiger partial charge in [0.2, 0.25) is 5.91 Å². The molecule has 0 spiro atoms. The van der Waals surface area contributed by atoms with Gasteiger partial charge < -0.3 is 10.2 Å². The molecule has 0 fully saturated rings. The smallest absolute Gasteiger partial charge is 0.243 e. The molecule has 3 rings (SSSR count). The second kappa shape index (κ2) is 6.45.